The van der Waals surface area contributed by atoms with E-state index in [1.807, 2.05) is 13.0 Å². The van der Waals surface area contributed by atoms with Crippen LogP contribution in [0.25, 0.3) is 17.0 Å². The van der Waals surface area contributed by atoms with Crippen molar-refractivity contribution in [1.29, 1.82) is 0 Å². The molecule has 0 saturated heterocycles. The summed E-state index contributed by atoms with van der Waals surface area (Å²) in [7, 11) is 0. The number of benzene rings is 2. The molecule has 0 aliphatic rings. The Kier molecular flexibility index (Phi) is 4.49. The third-order valence-corrected chi connectivity index (χ3v) is 3.97. The number of amides is 1. The van der Waals surface area contributed by atoms with Gasteiger partial charge in [-0.15, -0.1) is 0 Å². The number of anilines is 1. The van der Waals surface area contributed by atoms with Crippen LogP contribution in [0.4, 0.5) is 5.69 Å². The predicted octanol–water partition coefficient (Wildman–Crippen LogP) is 4.41. The van der Waals surface area contributed by atoms with E-state index >= 15 is 0 Å². The largest absolute Gasteiger partial charge is 0.463 e. The Bertz CT molecular complexity index is 1000. The van der Waals surface area contributed by atoms with Crippen LogP contribution in [0.15, 0.2) is 64.0 Å². The molecule has 0 unspecified atom stereocenters. The van der Waals surface area contributed by atoms with Gasteiger partial charge in [-0.05, 0) is 42.8 Å². The molecule has 3 aromatic rings. The average Bonchev–Trinajstić information content (AvgIpc) is 2.58. The van der Waals surface area contributed by atoms with Crippen molar-refractivity contribution in [2.24, 2.45) is 0 Å². The number of hydrogen-bond donors (Lipinski definition) is 1. The van der Waals surface area contributed by atoms with Gasteiger partial charge in [-0.3, -0.25) is 9.59 Å². The molecule has 3 rings (SSSR count). The molecule has 1 N–H and O–H groups in total. The molecule has 0 fully saturated rings. The van der Waals surface area contributed by atoms with E-state index in [9.17, 15) is 9.59 Å². The van der Waals surface area contributed by atoms with Crippen LogP contribution in [0.5, 0.6) is 0 Å². The monoisotopic (exact) mass is 339 g/mol. The molecule has 120 valence electrons. The highest BCUT2D eigenvalue weighted by Gasteiger charge is 2.05. The first-order valence-electron chi connectivity index (χ1n) is 7.30. The number of rotatable bonds is 3. The van der Waals surface area contributed by atoms with Crippen molar-refractivity contribution in [3.8, 4) is 0 Å². The Morgan fingerprint density at radius 1 is 1.21 bits per heavy atom. The molecule has 2 aromatic carbocycles. The number of para-hydroxylation sites is 1. The Labute approximate surface area is 143 Å². The molecular formula is C19H14ClNO3. The smallest absolute Gasteiger partial charge is 0.248 e. The second-order valence-electron chi connectivity index (χ2n) is 5.30. The lowest BCUT2D eigenvalue weighted by Crippen LogP contribution is -2.09. The Morgan fingerprint density at radius 2 is 2.00 bits per heavy atom. The van der Waals surface area contributed by atoms with Gasteiger partial charge in [0.25, 0.3) is 0 Å². The van der Waals surface area contributed by atoms with Crippen molar-refractivity contribution in [3.63, 3.8) is 0 Å². The number of carbonyl (C=O) groups is 1. The van der Waals surface area contributed by atoms with Crippen LogP contribution in [-0.2, 0) is 4.79 Å². The van der Waals surface area contributed by atoms with Gasteiger partial charge in [0.15, 0.2) is 5.43 Å². The van der Waals surface area contributed by atoms with Crippen molar-refractivity contribution in [2.75, 3.05) is 5.32 Å². The SMILES string of the molecule is Cc1ccc(NC(=O)/C=C/c2coc3ccccc3c2=O)cc1Cl. The van der Waals surface area contributed by atoms with Crippen molar-refractivity contribution in [2.45, 2.75) is 6.92 Å². The zero-order chi connectivity index (χ0) is 17.1. The maximum Gasteiger partial charge on any atom is 0.248 e. The molecule has 1 amide bonds. The lowest BCUT2D eigenvalue weighted by atomic mass is 10.1. The van der Waals surface area contributed by atoms with Crippen LogP contribution in [0, 0.1) is 6.92 Å². The maximum absolute atomic E-state index is 12.3. The molecule has 4 nitrogen and oxygen atoms in total. The summed E-state index contributed by atoms with van der Waals surface area (Å²) in [5, 5.41) is 3.75. The first-order valence-corrected chi connectivity index (χ1v) is 7.68. The molecule has 0 aliphatic heterocycles. The summed E-state index contributed by atoms with van der Waals surface area (Å²) in [6.07, 6.45) is 4.06. The summed E-state index contributed by atoms with van der Waals surface area (Å²) < 4.78 is 5.40. The molecule has 1 heterocycles. The highest BCUT2D eigenvalue weighted by Crippen LogP contribution is 2.20. The van der Waals surface area contributed by atoms with Crippen LogP contribution >= 0.6 is 11.6 Å². The minimum absolute atomic E-state index is 0.181. The van der Waals surface area contributed by atoms with Crippen LogP contribution in [0.3, 0.4) is 0 Å². The summed E-state index contributed by atoms with van der Waals surface area (Å²) in [5.41, 5.74) is 2.16. The molecule has 5 heteroatoms. The van der Waals surface area contributed by atoms with Crippen LogP contribution < -0.4 is 10.7 Å². The van der Waals surface area contributed by atoms with Gasteiger partial charge in [-0.25, -0.2) is 0 Å². The van der Waals surface area contributed by atoms with E-state index in [4.69, 9.17) is 16.0 Å². The summed E-state index contributed by atoms with van der Waals surface area (Å²) in [5.74, 6) is -0.359. The van der Waals surface area contributed by atoms with Gasteiger partial charge in [-0.1, -0.05) is 29.8 Å². The Hall–Kier alpha value is -2.85. The molecule has 0 spiro atoms. The molecular weight excluding hydrogens is 326 g/mol. The van der Waals surface area contributed by atoms with E-state index in [2.05, 4.69) is 5.32 Å². The van der Waals surface area contributed by atoms with Crippen molar-refractivity contribution in [3.05, 3.63) is 81.2 Å². The number of carbonyl (C=O) groups excluding carboxylic acids is 1. The van der Waals surface area contributed by atoms with Crippen LogP contribution in [-0.4, -0.2) is 5.91 Å². The normalized spacial score (nSPS) is 11.1. The van der Waals surface area contributed by atoms with Gasteiger partial charge >= 0.3 is 0 Å². The van der Waals surface area contributed by atoms with E-state index < -0.39 is 0 Å². The standard InChI is InChI=1S/C19H14ClNO3/c1-12-6-8-14(10-16(12)20)21-18(22)9-7-13-11-24-17-5-3-2-4-15(17)19(13)23/h2-11H,1H3,(H,21,22)/b9-7+. The molecule has 0 aliphatic carbocycles. The fourth-order valence-corrected chi connectivity index (χ4v) is 2.41. The van der Waals surface area contributed by atoms with Gasteiger partial charge in [0.05, 0.1) is 10.9 Å². The van der Waals surface area contributed by atoms with Gasteiger partial charge in [0.1, 0.15) is 11.8 Å². The van der Waals surface area contributed by atoms with Gasteiger partial charge in [0, 0.05) is 16.8 Å². The minimum atomic E-state index is -0.359. The van der Waals surface area contributed by atoms with E-state index in [1.54, 1.807) is 36.4 Å². The second-order valence-corrected chi connectivity index (χ2v) is 5.71. The van der Waals surface area contributed by atoms with Gasteiger partial charge in [-0.2, -0.15) is 0 Å². The average molecular weight is 340 g/mol. The predicted molar refractivity (Wildman–Crippen MR) is 96.3 cm³/mol. The lowest BCUT2D eigenvalue weighted by molar-refractivity contribution is -0.111. The fourth-order valence-electron chi connectivity index (χ4n) is 2.23. The Balaban J connectivity index is 1.80. The van der Waals surface area contributed by atoms with Gasteiger partial charge < -0.3 is 9.73 Å². The molecule has 0 radical (unpaired) electrons. The van der Waals surface area contributed by atoms with Crippen LogP contribution in [0.1, 0.15) is 11.1 Å². The molecule has 0 saturated carbocycles. The van der Waals surface area contributed by atoms with E-state index in [0.717, 1.165) is 5.56 Å². The quantitative estimate of drug-likeness (QED) is 0.719. The zero-order valence-electron chi connectivity index (χ0n) is 12.9. The Morgan fingerprint density at radius 3 is 2.79 bits per heavy atom. The van der Waals surface area contributed by atoms with E-state index in [0.29, 0.717) is 27.2 Å². The number of hydrogen-bond acceptors (Lipinski definition) is 3. The number of nitrogens with one attached hydrogen (secondary N) is 1. The summed E-state index contributed by atoms with van der Waals surface area (Å²) >= 11 is 6.02. The fraction of sp³-hybridized carbons (Fsp3) is 0.0526. The topological polar surface area (TPSA) is 59.3 Å². The second kappa shape index (κ2) is 6.72. The number of halogens is 1. The number of fused-ring (bicyclic) bond motifs is 1. The van der Waals surface area contributed by atoms with Crippen molar-refractivity contribution < 1.29 is 9.21 Å². The molecule has 1 aromatic heterocycles. The minimum Gasteiger partial charge on any atom is -0.463 e. The molecule has 0 atom stereocenters. The molecule has 0 bridgehead atoms. The van der Waals surface area contributed by atoms with E-state index in [1.165, 1.54) is 18.4 Å². The molecule has 24 heavy (non-hydrogen) atoms. The first-order chi connectivity index (χ1) is 11.5. The number of aryl methyl sites for hydroxylation is 1. The third kappa shape index (κ3) is 3.39. The van der Waals surface area contributed by atoms with E-state index in [-0.39, 0.29) is 11.3 Å². The zero-order valence-corrected chi connectivity index (χ0v) is 13.6. The first kappa shape index (κ1) is 16.0. The summed E-state index contributed by atoms with van der Waals surface area (Å²) in [4.78, 5) is 24.3. The third-order valence-electron chi connectivity index (χ3n) is 3.56. The summed E-state index contributed by atoms with van der Waals surface area (Å²) in [6, 6.07) is 12.2. The highest BCUT2D eigenvalue weighted by molar-refractivity contribution is 6.31. The maximum atomic E-state index is 12.3. The highest BCUT2D eigenvalue weighted by atomic mass is 35.5. The lowest BCUT2D eigenvalue weighted by Gasteiger charge is -2.04. The van der Waals surface area contributed by atoms with Gasteiger partial charge in [0.2, 0.25) is 5.91 Å². The van der Waals surface area contributed by atoms with Crippen molar-refractivity contribution in [1.82, 2.24) is 0 Å². The summed E-state index contributed by atoms with van der Waals surface area (Å²) in [6.45, 7) is 1.88. The van der Waals surface area contributed by atoms with Crippen LogP contribution in [0.2, 0.25) is 5.02 Å². The van der Waals surface area contributed by atoms with Crippen molar-refractivity contribution >= 4 is 40.2 Å².